The number of nitrogens with one attached hydrogen (secondary N) is 1. The number of hydrogen-bond donors (Lipinski definition) is 1. The number of methoxy groups -OCH3 is 1. The zero-order chi connectivity index (χ0) is 13.9. The molecule has 3 nitrogen and oxygen atoms in total. The van der Waals surface area contributed by atoms with E-state index in [2.05, 4.69) is 38.2 Å². The van der Waals surface area contributed by atoms with Gasteiger partial charge in [-0.25, -0.2) is 0 Å². The fraction of sp³-hybridized carbons (Fsp3) is 0.625. The molecule has 0 aromatic heterocycles. The van der Waals surface area contributed by atoms with Crippen LogP contribution in [0.3, 0.4) is 0 Å². The average molecular weight is 263 g/mol. The van der Waals surface area contributed by atoms with Crippen LogP contribution in [0.1, 0.15) is 45.2 Å². The summed E-state index contributed by atoms with van der Waals surface area (Å²) in [7, 11) is 1.70. The van der Waals surface area contributed by atoms with Gasteiger partial charge in [0.15, 0.2) is 0 Å². The van der Waals surface area contributed by atoms with Crippen LogP contribution in [0.4, 0.5) is 0 Å². The topological polar surface area (TPSA) is 30.5 Å². The number of benzene rings is 1. The molecule has 1 fully saturated rings. The summed E-state index contributed by atoms with van der Waals surface area (Å²) >= 11 is 0. The number of ether oxygens (including phenoxy) is 2. The predicted molar refractivity (Wildman–Crippen MR) is 77.6 cm³/mol. The highest BCUT2D eigenvalue weighted by molar-refractivity contribution is 5.28. The maximum atomic E-state index is 5.76. The van der Waals surface area contributed by atoms with Gasteiger partial charge >= 0.3 is 0 Å². The Bertz CT molecular complexity index is 400. The fourth-order valence-electron chi connectivity index (χ4n) is 2.72. The molecule has 2 unspecified atom stereocenters. The van der Waals surface area contributed by atoms with Gasteiger partial charge in [0, 0.05) is 18.7 Å². The maximum Gasteiger partial charge on any atom is 0.118 e. The normalized spacial score (nSPS) is 23.9. The van der Waals surface area contributed by atoms with Crippen LogP contribution >= 0.6 is 0 Å². The van der Waals surface area contributed by atoms with E-state index in [1.807, 2.05) is 12.1 Å². The van der Waals surface area contributed by atoms with Crippen molar-refractivity contribution in [3.05, 3.63) is 29.8 Å². The summed E-state index contributed by atoms with van der Waals surface area (Å²) in [6.07, 6.45) is 2.15. The molecule has 1 heterocycles. The Morgan fingerprint density at radius 1 is 1.32 bits per heavy atom. The van der Waals surface area contributed by atoms with Gasteiger partial charge in [-0.05, 0) is 51.3 Å². The predicted octanol–water partition coefficient (Wildman–Crippen LogP) is 3.30. The van der Waals surface area contributed by atoms with Crippen molar-refractivity contribution in [2.45, 2.75) is 51.3 Å². The first-order chi connectivity index (χ1) is 9.00. The minimum absolute atomic E-state index is 0.00442. The lowest BCUT2D eigenvalue weighted by Gasteiger charge is -2.37. The minimum atomic E-state index is -0.00442. The van der Waals surface area contributed by atoms with Gasteiger partial charge < -0.3 is 14.8 Å². The summed E-state index contributed by atoms with van der Waals surface area (Å²) in [5.74, 6) is 0.906. The monoisotopic (exact) mass is 263 g/mol. The summed E-state index contributed by atoms with van der Waals surface area (Å²) in [5.41, 5.74) is 1.29. The standard InChI is InChI=1S/C16H25NO2/c1-12(13-5-7-15(18-4)8-6-13)17-14-9-10-19-16(2,3)11-14/h5-8,12,14,17H,9-11H2,1-4H3. The Morgan fingerprint density at radius 3 is 2.58 bits per heavy atom. The lowest BCUT2D eigenvalue weighted by atomic mass is 9.93. The van der Waals surface area contributed by atoms with Crippen LogP contribution in [0.5, 0.6) is 5.75 Å². The van der Waals surface area contributed by atoms with Crippen LogP contribution < -0.4 is 10.1 Å². The van der Waals surface area contributed by atoms with Gasteiger partial charge in [0.1, 0.15) is 5.75 Å². The van der Waals surface area contributed by atoms with Gasteiger partial charge in [0.25, 0.3) is 0 Å². The molecule has 0 aliphatic carbocycles. The third-order valence-electron chi connectivity index (χ3n) is 3.80. The third kappa shape index (κ3) is 3.95. The summed E-state index contributed by atoms with van der Waals surface area (Å²) in [6, 6.07) is 9.16. The molecule has 0 spiro atoms. The summed E-state index contributed by atoms with van der Waals surface area (Å²) in [4.78, 5) is 0. The molecule has 1 aliphatic rings. The van der Waals surface area contributed by atoms with Crippen LogP contribution in [0, 0.1) is 0 Å². The molecule has 2 atom stereocenters. The molecule has 3 heteroatoms. The van der Waals surface area contributed by atoms with Crippen LogP contribution in [-0.4, -0.2) is 25.4 Å². The molecule has 1 aliphatic heterocycles. The fourth-order valence-corrected chi connectivity index (χ4v) is 2.72. The summed E-state index contributed by atoms with van der Waals surface area (Å²) < 4.78 is 10.9. The number of rotatable bonds is 4. The lowest BCUT2D eigenvalue weighted by molar-refractivity contribution is -0.0639. The first-order valence-electron chi connectivity index (χ1n) is 7.04. The second-order valence-electron chi connectivity index (χ2n) is 5.96. The Kier molecular flexibility index (Phi) is 4.48. The van der Waals surface area contributed by atoms with E-state index in [1.165, 1.54) is 5.56 Å². The molecule has 19 heavy (non-hydrogen) atoms. The molecule has 1 aromatic rings. The van der Waals surface area contributed by atoms with Gasteiger partial charge in [-0.1, -0.05) is 12.1 Å². The molecule has 106 valence electrons. The number of hydrogen-bond acceptors (Lipinski definition) is 3. The quantitative estimate of drug-likeness (QED) is 0.904. The second-order valence-corrected chi connectivity index (χ2v) is 5.96. The highest BCUT2D eigenvalue weighted by Gasteiger charge is 2.29. The van der Waals surface area contributed by atoms with Crippen molar-refractivity contribution >= 4 is 0 Å². The van der Waals surface area contributed by atoms with Crippen LogP contribution in [-0.2, 0) is 4.74 Å². The Hall–Kier alpha value is -1.06. The molecular weight excluding hydrogens is 238 g/mol. The highest BCUT2D eigenvalue weighted by atomic mass is 16.5. The third-order valence-corrected chi connectivity index (χ3v) is 3.80. The van der Waals surface area contributed by atoms with E-state index in [0.29, 0.717) is 12.1 Å². The van der Waals surface area contributed by atoms with Crippen molar-refractivity contribution in [1.82, 2.24) is 5.32 Å². The first kappa shape index (κ1) is 14.4. The van der Waals surface area contributed by atoms with Crippen molar-refractivity contribution in [2.75, 3.05) is 13.7 Å². The van der Waals surface area contributed by atoms with E-state index in [-0.39, 0.29) is 5.60 Å². The maximum absolute atomic E-state index is 5.76. The molecule has 0 radical (unpaired) electrons. The second kappa shape index (κ2) is 5.93. The van der Waals surface area contributed by atoms with Gasteiger partial charge in [-0.2, -0.15) is 0 Å². The van der Waals surface area contributed by atoms with Gasteiger partial charge in [-0.3, -0.25) is 0 Å². The zero-order valence-electron chi connectivity index (χ0n) is 12.4. The Morgan fingerprint density at radius 2 is 2.00 bits per heavy atom. The molecule has 0 bridgehead atoms. The van der Waals surface area contributed by atoms with Crippen LogP contribution in [0.15, 0.2) is 24.3 Å². The smallest absolute Gasteiger partial charge is 0.118 e. The average Bonchev–Trinajstić information content (AvgIpc) is 2.37. The lowest BCUT2D eigenvalue weighted by Crippen LogP contribution is -2.44. The van der Waals surface area contributed by atoms with E-state index in [0.717, 1.165) is 25.2 Å². The highest BCUT2D eigenvalue weighted by Crippen LogP contribution is 2.26. The van der Waals surface area contributed by atoms with E-state index in [1.54, 1.807) is 7.11 Å². The zero-order valence-corrected chi connectivity index (χ0v) is 12.4. The van der Waals surface area contributed by atoms with Crippen molar-refractivity contribution in [3.63, 3.8) is 0 Å². The SMILES string of the molecule is COc1ccc(C(C)NC2CCOC(C)(C)C2)cc1. The Balaban J connectivity index is 1.94. The van der Waals surface area contributed by atoms with Crippen molar-refractivity contribution in [3.8, 4) is 5.75 Å². The van der Waals surface area contributed by atoms with Gasteiger partial charge in [0.2, 0.25) is 0 Å². The molecule has 0 saturated carbocycles. The van der Waals surface area contributed by atoms with E-state index in [4.69, 9.17) is 9.47 Å². The van der Waals surface area contributed by atoms with Gasteiger partial charge in [0.05, 0.1) is 12.7 Å². The van der Waals surface area contributed by atoms with Crippen molar-refractivity contribution in [1.29, 1.82) is 0 Å². The molecular formula is C16H25NO2. The van der Waals surface area contributed by atoms with E-state index < -0.39 is 0 Å². The van der Waals surface area contributed by atoms with Gasteiger partial charge in [-0.15, -0.1) is 0 Å². The van der Waals surface area contributed by atoms with E-state index in [9.17, 15) is 0 Å². The first-order valence-corrected chi connectivity index (χ1v) is 7.04. The van der Waals surface area contributed by atoms with Crippen molar-refractivity contribution in [2.24, 2.45) is 0 Å². The van der Waals surface area contributed by atoms with Crippen LogP contribution in [0.25, 0.3) is 0 Å². The molecule has 1 aromatic carbocycles. The van der Waals surface area contributed by atoms with Crippen molar-refractivity contribution < 1.29 is 9.47 Å². The molecule has 0 amide bonds. The largest absolute Gasteiger partial charge is 0.497 e. The van der Waals surface area contributed by atoms with Crippen LogP contribution in [0.2, 0.25) is 0 Å². The summed E-state index contributed by atoms with van der Waals surface area (Å²) in [6.45, 7) is 7.39. The Labute approximate surface area is 116 Å². The van der Waals surface area contributed by atoms with E-state index >= 15 is 0 Å². The molecule has 2 rings (SSSR count). The molecule has 1 N–H and O–H groups in total. The molecule has 1 saturated heterocycles. The minimum Gasteiger partial charge on any atom is -0.497 e. The summed E-state index contributed by atoms with van der Waals surface area (Å²) in [5, 5.41) is 3.71.